The molecule has 0 unspecified atom stereocenters. The van der Waals surface area contributed by atoms with Gasteiger partial charge in [0.05, 0.1) is 12.8 Å². The molecule has 0 atom stereocenters. The van der Waals surface area contributed by atoms with Gasteiger partial charge in [-0.2, -0.15) is 18.2 Å². The lowest BCUT2D eigenvalue weighted by molar-refractivity contribution is -0.139. The quantitative estimate of drug-likeness (QED) is 0.814. The highest BCUT2D eigenvalue weighted by molar-refractivity contribution is 5.57. The number of hydrogen-bond acceptors (Lipinski definition) is 4. The lowest BCUT2D eigenvalue weighted by atomic mass is 10.3. The van der Waals surface area contributed by atoms with Crippen LogP contribution in [0.3, 0.4) is 0 Å². The number of methoxy groups -OCH3 is 1. The highest BCUT2D eigenvalue weighted by atomic mass is 19.4. The Balaban J connectivity index is 2.44. The van der Waals surface area contributed by atoms with E-state index >= 15 is 0 Å². The molecule has 0 aliphatic carbocycles. The SMILES string of the molecule is COc1nc(N(C)c2ccccc2F)ncc1C(F)(F)F. The van der Waals surface area contributed by atoms with Gasteiger partial charge < -0.3 is 9.64 Å². The molecule has 4 nitrogen and oxygen atoms in total. The second-order valence-corrected chi connectivity index (χ2v) is 4.10. The first kappa shape index (κ1) is 15.0. The van der Waals surface area contributed by atoms with E-state index in [0.29, 0.717) is 6.20 Å². The molecule has 0 bridgehead atoms. The molecule has 0 aliphatic rings. The summed E-state index contributed by atoms with van der Waals surface area (Å²) in [5.41, 5.74) is -0.949. The van der Waals surface area contributed by atoms with Gasteiger partial charge in [0.2, 0.25) is 11.8 Å². The summed E-state index contributed by atoms with van der Waals surface area (Å²) in [5, 5.41) is 0. The highest BCUT2D eigenvalue weighted by Crippen LogP contribution is 2.35. The van der Waals surface area contributed by atoms with Crippen LogP contribution in [0.1, 0.15) is 5.56 Å². The van der Waals surface area contributed by atoms with E-state index in [1.807, 2.05) is 0 Å². The molecule has 0 saturated heterocycles. The Morgan fingerprint density at radius 1 is 1.19 bits per heavy atom. The molecule has 21 heavy (non-hydrogen) atoms. The third-order valence-corrected chi connectivity index (χ3v) is 2.75. The molecule has 1 aromatic carbocycles. The van der Waals surface area contributed by atoms with Gasteiger partial charge in [0.1, 0.15) is 11.4 Å². The zero-order valence-electron chi connectivity index (χ0n) is 11.1. The van der Waals surface area contributed by atoms with Crippen molar-refractivity contribution in [3.63, 3.8) is 0 Å². The van der Waals surface area contributed by atoms with Gasteiger partial charge in [-0.05, 0) is 12.1 Å². The van der Waals surface area contributed by atoms with E-state index in [4.69, 9.17) is 0 Å². The average Bonchev–Trinajstić information content (AvgIpc) is 2.45. The molecule has 0 N–H and O–H groups in total. The van der Waals surface area contributed by atoms with E-state index in [9.17, 15) is 17.6 Å². The average molecular weight is 301 g/mol. The van der Waals surface area contributed by atoms with Crippen molar-refractivity contribution in [1.29, 1.82) is 0 Å². The van der Waals surface area contributed by atoms with Crippen LogP contribution in [0.5, 0.6) is 5.88 Å². The molecule has 0 fully saturated rings. The Morgan fingerprint density at radius 3 is 2.43 bits per heavy atom. The van der Waals surface area contributed by atoms with Gasteiger partial charge in [-0.3, -0.25) is 0 Å². The third-order valence-electron chi connectivity index (χ3n) is 2.75. The Kier molecular flexibility index (Phi) is 3.97. The largest absolute Gasteiger partial charge is 0.480 e. The van der Waals surface area contributed by atoms with E-state index in [1.165, 1.54) is 30.1 Å². The molecule has 0 radical (unpaired) electrons. The predicted molar refractivity (Wildman–Crippen MR) is 68.0 cm³/mol. The Bertz CT molecular complexity index is 646. The standard InChI is InChI=1S/C13H11F4N3O/c1-20(10-6-4-3-5-9(10)14)12-18-7-8(13(15,16)17)11(19-12)21-2/h3-7H,1-2H3. The Morgan fingerprint density at radius 2 is 1.86 bits per heavy atom. The number of rotatable bonds is 3. The molecule has 1 aromatic heterocycles. The van der Waals surface area contributed by atoms with Gasteiger partial charge in [-0.1, -0.05) is 12.1 Å². The van der Waals surface area contributed by atoms with Crippen LogP contribution in [0.2, 0.25) is 0 Å². The molecule has 0 spiro atoms. The number of benzene rings is 1. The Labute approximate surface area is 118 Å². The van der Waals surface area contributed by atoms with Crippen molar-refractivity contribution in [2.24, 2.45) is 0 Å². The van der Waals surface area contributed by atoms with Crippen molar-refractivity contribution in [3.05, 3.63) is 41.8 Å². The molecular weight excluding hydrogens is 290 g/mol. The first-order valence-corrected chi connectivity index (χ1v) is 5.81. The van der Waals surface area contributed by atoms with Crippen LogP contribution in [0.4, 0.5) is 29.2 Å². The maximum atomic E-state index is 13.7. The zero-order chi connectivity index (χ0) is 15.6. The maximum Gasteiger partial charge on any atom is 0.423 e. The summed E-state index contributed by atoms with van der Waals surface area (Å²) in [6, 6.07) is 5.78. The fraction of sp³-hybridized carbons (Fsp3) is 0.231. The number of anilines is 2. The number of nitrogens with zero attached hydrogens (tertiary/aromatic N) is 3. The molecule has 2 rings (SSSR count). The van der Waals surface area contributed by atoms with Crippen LogP contribution in [-0.4, -0.2) is 24.1 Å². The molecule has 0 amide bonds. The number of hydrogen-bond donors (Lipinski definition) is 0. The van der Waals surface area contributed by atoms with Crippen LogP contribution < -0.4 is 9.64 Å². The normalized spacial score (nSPS) is 11.3. The zero-order valence-corrected chi connectivity index (χ0v) is 11.1. The highest BCUT2D eigenvalue weighted by Gasteiger charge is 2.36. The predicted octanol–water partition coefficient (Wildman–Crippen LogP) is 3.41. The van der Waals surface area contributed by atoms with Crippen molar-refractivity contribution < 1.29 is 22.3 Å². The molecule has 8 heteroatoms. The number of ether oxygens (including phenoxy) is 1. The van der Waals surface area contributed by atoms with Crippen LogP contribution in [0, 0.1) is 5.82 Å². The number of aromatic nitrogens is 2. The van der Waals surface area contributed by atoms with E-state index in [-0.39, 0.29) is 11.6 Å². The minimum Gasteiger partial charge on any atom is -0.480 e. The van der Waals surface area contributed by atoms with Crippen LogP contribution >= 0.6 is 0 Å². The third kappa shape index (κ3) is 3.04. The van der Waals surface area contributed by atoms with Crippen molar-refractivity contribution in [2.75, 3.05) is 19.1 Å². The summed E-state index contributed by atoms with van der Waals surface area (Å²) in [4.78, 5) is 8.53. The van der Waals surface area contributed by atoms with Gasteiger partial charge in [-0.15, -0.1) is 0 Å². The van der Waals surface area contributed by atoms with E-state index in [0.717, 1.165) is 7.11 Å². The van der Waals surface area contributed by atoms with Crippen LogP contribution in [0.25, 0.3) is 0 Å². The summed E-state index contributed by atoms with van der Waals surface area (Å²) < 4.78 is 56.5. The van der Waals surface area contributed by atoms with Crippen LogP contribution in [0.15, 0.2) is 30.5 Å². The second kappa shape index (κ2) is 5.55. The first-order chi connectivity index (χ1) is 9.84. The lowest BCUT2D eigenvalue weighted by Gasteiger charge is -2.19. The minimum absolute atomic E-state index is 0.107. The van der Waals surface area contributed by atoms with Crippen molar-refractivity contribution in [2.45, 2.75) is 6.18 Å². The monoisotopic (exact) mass is 301 g/mol. The Hall–Kier alpha value is -2.38. The fourth-order valence-electron chi connectivity index (χ4n) is 1.70. The molecular formula is C13H11F4N3O. The van der Waals surface area contributed by atoms with Gasteiger partial charge >= 0.3 is 6.18 Å². The summed E-state index contributed by atoms with van der Waals surface area (Å²) >= 11 is 0. The topological polar surface area (TPSA) is 38.2 Å². The number of alkyl halides is 3. The van der Waals surface area contributed by atoms with E-state index < -0.39 is 23.4 Å². The lowest BCUT2D eigenvalue weighted by Crippen LogP contribution is -2.17. The van der Waals surface area contributed by atoms with Crippen LogP contribution in [-0.2, 0) is 6.18 Å². The number of halogens is 4. The number of para-hydroxylation sites is 1. The van der Waals surface area contributed by atoms with Crippen molar-refractivity contribution in [3.8, 4) is 5.88 Å². The maximum absolute atomic E-state index is 13.7. The first-order valence-electron chi connectivity index (χ1n) is 5.81. The minimum atomic E-state index is -4.62. The summed E-state index contributed by atoms with van der Waals surface area (Å²) in [5.74, 6) is -1.26. The molecule has 2 aromatic rings. The summed E-state index contributed by atoms with van der Waals surface area (Å²) in [6.45, 7) is 0. The van der Waals surface area contributed by atoms with Gasteiger partial charge in [0.25, 0.3) is 0 Å². The molecule has 0 aliphatic heterocycles. The van der Waals surface area contributed by atoms with Crippen molar-refractivity contribution in [1.82, 2.24) is 9.97 Å². The fourth-order valence-corrected chi connectivity index (χ4v) is 1.70. The van der Waals surface area contributed by atoms with Gasteiger partial charge in [-0.25, -0.2) is 9.37 Å². The smallest absolute Gasteiger partial charge is 0.423 e. The van der Waals surface area contributed by atoms with E-state index in [2.05, 4.69) is 14.7 Å². The van der Waals surface area contributed by atoms with Crippen molar-refractivity contribution >= 4 is 11.6 Å². The molecule has 1 heterocycles. The van der Waals surface area contributed by atoms with E-state index in [1.54, 1.807) is 6.07 Å². The second-order valence-electron chi connectivity index (χ2n) is 4.10. The summed E-state index contributed by atoms with van der Waals surface area (Å²) in [7, 11) is 2.52. The van der Waals surface area contributed by atoms with Gasteiger partial charge in [0.15, 0.2) is 0 Å². The van der Waals surface area contributed by atoms with Gasteiger partial charge in [0, 0.05) is 13.2 Å². The molecule has 112 valence electrons. The summed E-state index contributed by atoms with van der Waals surface area (Å²) in [6.07, 6.45) is -4.01. The molecule has 0 saturated carbocycles.